The zero-order valence-corrected chi connectivity index (χ0v) is 18.1. The number of carbonyl (C=O) groups excluding carboxylic acids is 2. The van der Waals surface area contributed by atoms with E-state index in [1.807, 2.05) is 0 Å². The van der Waals surface area contributed by atoms with Gasteiger partial charge in [-0.3, -0.25) is 9.63 Å². The van der Waals surface area contributed by atoms with Crippen LogP contribution in [0.1, 0.15) is 10.4 Å². The standard InChI is InChI=1S/C18H7Cl2F9N2O2S/c19-12-10(14(33)31-20)6-5-9(13(12)30-7-32)8-3-1-2-4-11(8)34-18(28,29)16(23,24)15(21,22)17(25,26)27/h1-6H,(H,31,33). The number of isocyanates is 1. The van der Waals surface area contributed by atoms with Crippen LogP contribution in [0, 0.1) is 0 Å². The summed E-state index contributed by atoms with van der Waals surface area (Å²) in [6, 6.07) is 5.82. The predicted molar refractivity (Wildman–Crippen MR) is 105 cm³/mol. The first-order valence-corrected chi connectivity index (χ1v) is 9.90. The fourth-order valence-corrected chi connectivity index (χ4v) is 3.87. The highest BCUT2D eigenvalue weighted by atomic mass is 35.5. The van der Waals surface area contributed by atoms with Gasteiger partial charge in [-0.25, -0.2) is 4.79 Å². The van der Waals surface area contributed by atoms with E-state index >= 15 is 0 Å². The largest absolute Gasteiger partial charge is 0.460 e. The summed E-state index contributed by atoms with van der Waals surface area (Å²) in [4.78, 5) is 26.6. The molecule has 0 unspecified atom stereocenters. The van der Waals surface area contributed by atoms with Crippen LogP contribution in [0.15, 0.2) is 46.3 Å². The summed E-state index contributed by atoms with van der Waals surface area (Å²) in [5.41, 5.74) is -1.74. The van der Waals surface area contributed by atoms with Gasteiger partial charge in [-0.05, 0) is 29.5 Å². The van der Waals surface area contributed by atoms with Crippen LogP contribution in [0.3, 0.4) is 0 Å². The number of halogens is 11. The predicted octanol–water partition coefficient (Wildman–Crippen LogP) is 7.38. The van der Waals surface area contributed by atoms with Crippen LogP contribution >= 0.6 is 35.1 Å². The summed E-state index contributed by atoms with van der Waals surface area (Å²) in [6.07, 6.45) is -5.90. The van der Waals surface area contributed by atoms with Crippen LogP contribution in [0.25, 0.3) is 11.1 Å². The number of hydrogen-bond acceptors (Lipinski definition) is 4. The first-order valence-electron chi connectivity index (χ1n) is 8.33. The highest BCUT2D eigenvalue weighted by Crippen LogP contribution is 2.59. The molecule has 4 nitrogen and oxygen atoms in total. The molecule has 16 heteroatoms. The summed E-state index contributed by atoms with van der Waals surface area (Å²) in [5, 5.41) is -6.53. The van der Waals surface area contributed by atoms with Crippen molar-refractivity contribution in [2.75, 3.05) is 0 Å². The molecule has 0 spiro atoms. The maximum Gasteiger partial charge on any atom is 0.460 e. The Morgan fingerprint density at radius 3 is 2.03 bits per heavy atom. The minimum atomic E-state index is -7.07. The van der Waals surface area contributed by atoms with Gasteiger partial charge in [-0.1, -0.05) is 35.9 Å². The number of nitrogens with one attached hydrogen (secondary N) is 1. The average Bonchev–Trinajstić information content (AvgIpc) is 2.74. The molecule has 0 bridgehead atoms. The highest BCUT2D eigenvalue weighted by Gasteiger charge is 2.82. The molecular weight excluding hydrogens is 550 g/mol. The third kappa shape index (κ3) is 4.85. The smallest absolute Gasteiger partial charge is 0.268 e. The van der Waals surface area contributed by atoms with Gasteiger partial charge >= 0.3 is 23.3 Å². The van der Waals surface area contributed by atoms with Gasteiger partial charge in [-0.15, -0.1) is 0 Å². The second-order valence-corrected chi connectivity index (χ2v) is 7.94. The molecule has 0 aromatic heterocycles. The summed E-state index contributed by atoms with van der Waals surface area (Å²) < 4.78 is 119. The lowest BCUT2D eigenvalue weighted by molar-refractivity contribution is -0.381. The lowest BCUT2D eigenvalue weighted by Crippen LogP contribution is -2.59. The molecule has 0 aliphatic rings. The monoisotopic (exact) mass is 556 g/mol. The zero-order valence-electron chi connectivity index (χ0n) is 15.8. The highest BCUT2D eigenvalue weighted by molar-refractivity contribution is 8.00. The second kappa shape index (κ2) is 9.68. The molecule has 2 aromatic rings. The van der Waals surface area contributed by atoms with Gasteiger partial charge in [0.15, 0.2) is 0 Å². The summed E-state index contributed by atoms with van der Waals surface area (Å²) in [5.74, 6) is -14.9. The van der Waals surface area contributed by atoms with Gasteiger partial charge in [0.05, 0.1) is 10.6 Å². The van der Waals surface area contributed by atoms with Crippen molar-refractivity contribution in [3.63, 3.8) is 0 Å². The fraction of sp³-hybridized carbons (Fsp3) is 0.222. The third-order valence-corrected chi connectivity index (χ3v) is 5.78. The van der Waals surface area contributed by atoms with Gasteiger partial charge in [-0.2, -0.15) is 44.5 Å². The van der Waals surface area contributed by atoms with Crippen molar-refractivity contribution in [3.8, 4) is 11.1 Å². The zero-order chi connectivity index (χ0) is 26.1. The average molecular weight is 557 g/mol. The Kier molecular flexibility index (Phi) is 7.93. The fourth-order valence-electron chi connectivity index (χ4n) is 2.50. The number of amides is 1. The molecular formula is C18H7Cl2F9N2O2S. The summed E-state index contributed by atoms with van der Waals surface area (Å²) in [6.45, 7) is 0. The van der Waals surface area contributed by atoms with Crippen molar-refractivity contribution in [2.45, 2.75) is 28.2 Å². The number of rotatable bonds is 7. The van der Waals surface area contributed by atoms with Crippen LogP contribution < -0.4 is 4.84 Å². The normalized spacial score (nSPS) is 12.8. The van der Waals surface area contributed by atoms with Crippen LogP contribution in [0.2, 0.25) is 5.02 Å². The number of nitrogens with zero attached hydrogens (tertiary/aromatic N) is 1. The van der Waals surface area contributed by atoms with E-state index < -0.39 is 62.1 Å². The number of thioether (sulfide) groups is 1. The molecule has 34 heavy (non-hydrogen) atoms. The Morgan fingerprint density at radius 2 is 1.50 bits per heavy atom. The summed E-state index contributed by atoms with van der Waals surface area (Å²) in [7, 11) is 0. The van der Waals surface area contributed by atoms with E-state index in [1.165, 1.54) is 6.07 Å². The molecule has 1 amide bonds. The van der Waals surface area contributed by atoms with Crippen molar-refractivity contribution in [1.29, 1.82) is 0 Å². The van der Waals surface area contributed by atoms with Crippen molar-refractivity contribution < 1.29 is 49.1 Å². The molecule has 2 rings (SSSR count). The van der Waals surface area contributed by atoms with E-state index in [0.29, 0.717) is 0 Å². The maximum absolute atomic E-state index is 14.2. The molecule has 0 aliphatic carbocycles. The SMILES string of the molecule is O=C=Nc1c(-c2ccccc2SC(F)(F)C(F)(F)C(F)(F)C(F)(F)F)ccc(C(=O)NCl)c1Cl. The van der Waals surface area contributed by atoms with Crippen molar-refractivity contribution in [3.05, 3.63) is 47.0 Å². The number of carbonyl (C=O) groups is 1. The number of benzene rings is 2. The molecule has 0 saturated heterocycles. The van der Waals surface area contributed by atoms with Crippen LogP contribution in [-0.2, 0) is 4.79 Å². The molecule has 184 valence electrons. The van der Waals surface area contributed by atoms with Gasteiger partial charge < -0.3 is 0 Å². The molecule has 0 aliphatic heterocycles. The van der Waals surface area contributed by atoms with Gasteiger partial charge in [0.1, 0.15) is 5.69 Å². The Hall–Kier alpha value is -2.41. The van der Waals surface area contributed by atoms with Crippen molar-refractivity contribution >= 4 is 52.8 Å². The summed E-state index contributed by atoms with van der Waals surface area (Å²) >= 11 is 9.90. The molecule has 0 atom stereocenters. The van der Waals surface area contributed by atoms with Gasteiger partial charge in [0.2, 0.25) is 6.08 Å². The van der Waals surface area contributed by atoms with Crippen molar-refractivity contribution in [2.24, 2.45) is 4.99 Å². The lowest BCUT2D eigenvalue weighted by atomic mass is 10.0. The van der Waals surface area contributed by atoms with E-state index in [2.05, 4.69) is 4.99 Å². The Labute approximate surface area is 198 Å². The topological polar surface area (TPSA) is 58.5 Å². The minimum Gasteiger partial charge on any atom is -0.268 e. The van der Waals surface area contributed by atoms with Gasteiger partial charge in [0, 0.05) is 22.2 Å². The number of aliphatic imine (C=N–C) groups is 1. The maximum atomic E-state index is 14.2. The van der Waals surface area contributed by atoms with Crippen molar-refractivity contribution in [1.82, 2.24) is 4.84 Å². The molecule has 0 saturated carbocycles. The number of hydrogen-bond donors (Lipinski definition) is 1. The lowest BCUT2D eigenvalue weighted by Gasteiger charge is -2.33. The minimum absolute atomic E-state index is 0.343. The Morgan fingerprint density at radius 1 is 0.912 bits per heavy atom. The quantitative estimate of drug-likeness (QED) is 0.127. The van der Waals surface area contributed by atoms with E-state index in [0.717, 1.165) is 36.4 Å². The first kappa shape index (κ1) is 27.8. The molecule has 0 fully saturated rings. The van der Waals surface area contributed by atoms with Gasteiger partial charge in [0.25, 0.3) is 5.91 Å². The molecule has 0 heterocycles. The van der Waals surface area contributed by atoms with E-state index in [1.54, 1.807) is 4.84 Å². The van der Waals surface area contributed by atoms with Crippen LogP contribution in [0.4, 0.5) is 45.2 Å². The molecule has 0 radical (unpaired) electrons. The van der Waals surface area contributed by atoms with E-state index in [4.69, 9.17) is 23.4 Å². The molecule has 1 N–H and O–H groups in total. The van der Waals surface area contributed by atoms with Crippen LogP contribution in [-0.4, -0.2) is 35.3 Å². The number of alkyl halides is 9. The van der Waals surface area contributed by atoms with E-state index in [9.17, 15) is 49.1 Å². The first-order chi connectivity index (χ1) is 15.5. The van der Waals surface area contributed by atoms with Crippen LogP contribution in [0.5, 0.6) is 0 Å². The second-order valence-electron chi connectivity index (χ2n) is 6.21. The third-order valence-electron chi connectivity index (χ3n) is 4.14. The molecule has 2 aromatic carbocycles. The van der Waals surface area contributed by atoms with E-state index in [-0.39, 0.29) is 11.1 Å². The Bertz CT molecular complexity index is 1150. The Balaban J connectivity index is 2.68.